The van der Waals surface area contributed by atoms with Crippen LogP contribution in [-0.4, -0.2) is 82.4 Å². The Balaban J connectivity index is 1.77. The summed E-state index contributed by atoms with van der Waals surface area (Å²) in [6.07, 6.45) is -1.08. The fourth-order valence-corrected chi connectivity index (χ4v) is 4.95. The number of likely N-dealkylation sites (tertiary alicyclic amines) is 1. The Hall–Kier alpha value is -3.51. The molecule has 1 aromatic carbocycles. The minimum absolute atomic E-state index is 0.129. The lowest BCUT2D eigenvalue weighted by atomic mass is 10.0. The molecule has 0 saturated carbocycles. The van der Waals surface area contributed by atoms with Crippen molar-refractivity contribution in [2.45, 2.75) is 76.3 Å². The number of hydrogen-bond acceptors (Lipinski definition) is 9. The number of esters is 1. The second kappa shape index (κ2) is 13.5. The summed E-state index contributed by atoms with van der Waals surface area (Å²) in [6, 6.07) is 6.28. The fourth-order valence-electron chi connectivity index (χ4n) is 4.37. The first-order chi connectivity index (χ1) is 18.5. The van der Waals surface area contributed by atoms with Gasteiger partial charge in [-0.25, -0.2) is 14.6 Å². The predicted molar refractivity (Wildman–Crippen MR) is 144 cm³/mol. The van der Waals surface area contributed by atoms with Crippen LogP contribution in [0.1, 0.15) is 44.9 Å². The molecular weight excluding hydrogens is 524 g/mol. The number of benzene rings is 1. The molecule has 1 saturated heterocycles. The van der Waals surface area contributed by atoms with E-state index in [0.29, 0.717) is 25.1 Å². The van der Waals surface area contributed by atoms with E-state index < -0.39 is 53.7 Å². The predicted octanol–water partition coefficient (Wildman–Crippen LogP) is 1.83. The zero-order chi connectivity index (χ0) is 28.6. The third kappa shape index (κ3) is 8.75. The van der Waals surface area contributed by atoms with Gasteiger partial charge in [0.2, 0.25) is 11.8 Å². The summed E-state index contributed by atoms with van der Waals surface area (Å²) in [5.74, 6) is -1.82. The summed E-state index contributed by atoms with van der Waals surface area (Å²) in [6.45, 7) is 5.47. The van der Waals surface area contributed by atoms with Crippen molar-refractivity contribution in [1.29, 1.82) is 0 Å². The molecule has 12 heteroatoms. The van der Waals surface area contributed by atoms with Crippen molar-refractivity contribution in [3.8, 4) is 0 Å². The fraction of sp³-hybridized carbons (Fsp3) is 0.519. The second-order valence-corrected chi connectivity index (χ2v) is 11.1. The first-order valence-electron chi connectivity index (χ1n) is 12.8. The number of nitrogens with zero attached hydrogens (tertiary/aromatic N) is 2. The van der Waals surface area contributed by atoms with Crippen LogP contribution in [0.25, 0.3) is 0 Å². The van der Waals surface area contributed by atoms with Crippen LogP contribution in [0.5, 0.6) is 0 Å². The van der Waals surface area contributed by atoms with Crippen LogP contribution < -0.4 is 10.6 Å². The maximum atomic E-state index is 13.7. The van der Waals surface area contributed by atoms with Gasteiger partial charge in [0.25, 0.3) is 0 Å². The van der Waals surface area contributed by atoms with Crippen molar-refractivity contribution in [2.24, 2.45) is 0 Å². The van der Waals surface area contributed by atoms with Gasteiger partial charge in [-0.2, -0.15) is 0 Å². The lowest BCUT2D eigenvalue weighted by Gasteiger charge is -2.31. The molecular formula is C27H36N4O7S. The topological polar surface area (TPSA) is 147 Å². The molecule has 0 spiro atoms. The van der Waals surface area contributed by atoms with Gasteiger partial charge in [-0.15, -0.1) is 11.3 Å². The Bertz CT molecular complexity index is 1120. The van der Waals surface area contributed by atoms with Crippen LogP contribution in [0.3, 0.4) is 0 Å². The average molecular weight is 561 g/mol. The molecule has 1 fully saturated rings. The van der Waals surface area contributed by atoms with E-state index in [-0.39, 0.29) is 12.8 Å². The van der Waals surface area contributed by atoms with E-state index in [1.54, 1.807) is 31.7 Å². The first kappa shape index (κ1) is 30.0. The highest BCUT2D eigenvalue weighted by atomic mass is 32.1. The Morgan fingerprint density at radius 3 is 2.49 bits per heavy atom. The van der Waals surface area contributed by atoms with Crippen molar-refractivity contribution in [1.82, 2.24) is 20.5 Å². The summed E-state index contributed by atoms with van der Waals surface area (Å²) in [5.41, 5.74) is 2.30. The zero-order valence-electron chi connectivity index (χ0n) is 22.6. The van der Waals surface area contributed by atoms with E-state index in [1.165, 1.54) is 16.2 Å². The molecule has 2 heterocycles. The molecule has 0 aliphatic carbocycles. The van der Waals surface area contributed by atoms with Gasteiger partial charge in [-0.05, 0) is 45.6 Å². The number of methoxy groups -OCH3 is 1. The largest absolute Gasteiger partial charge is 0.467 e. The standard InChI is InChI=1S/C27H36N4O7S/c1-27(2,3)38-26(36)30-20(14-18-15-39-16-28-18)24(34)31-12-8-11-21(31)23(33)29-19(22(32)25(35)37-4)13-17-9-6-5-7-10-17/h5-7,9-10,15-16,19-22,32H,8,11-14H2,1-4H3,(H,29,33)(H,30,36)/t19?,20-,21-,22+/m0/s1. The highest BCUT2D eigenvalue weighted by molar-refractivity contribution is 7.07. The number of aliphatic hydroxyl groups excluding tert-OH is 1. The molecule has 3 rings (SSSR count). The zero-order valence-corrected chi connectivity index (χ0v) is 23.4. The molecule has 1 aromatic heterocycles. The second-order valence-electron chi connectivity index (χ2n) is 10.3. The molecule has 4 atom stereocenters. The van der Waals surface area contributed by atoms with Crippen molar-refractivity contribution in [3.63, 3.8) is 0 Å². The number of amides is 3. The maximum absolute atomic E-state index is 13.7. The molecule has 3 amide bonds. The maximum Gasteiger partial charge on any atom is 0.408 e. The smallest absolute Gasteiger partial charge is 0.408 e. The summed E-state index contributed by atoms with van der Waals surface area (Å²) in [5, 5.41) is 17.8. The molecule has 0 bridgehead atoms. The minimum atomic E-state index is -1.60. The Morgan fingerprint density at radius 2 is 1.87 bits per heavy atom. The molecule has 1 aliphatic heterocycles. The van der Waals surface area contributed by atoms with Crippen LogP contribution >= 0.6 is 11.3 Å². The summed E-state index contributed by atoms with van der Waals surface area (Å²) in [4.78, 5) is 57.4. The van der Waals surface area contributed by atoms with Gasteiger partial charge in [0.1, 0.15) is 17.7 Å². The summed E-state index contributed by atoms with van der Waals surface area (Å²) in [7, 11) is 1.16. The van der Waals surface area contributed by atoms with E-state index in [4.69, 9.17) is 4.74 Å². The molecule has 39 heavy (non-hydrogen) atoms. The van der Waals surface area contributed by atoms with Crippen molar-refractivity contribution in [3.05, 3.63) is 52.5 Å². The SMILES string of the molecule is COC(=O)[C@H](O)C(Cc1ccccc1)NC(=O)[C@@H]1CCCN1C(=O)[C@H](Cc1cscn1)NC(=O)OC(C)(C)C. The van der Waals surface area contributed by atoms with E-state index in [1.807, 2.05) is 30.3 Å². The number of ether oxygens (including phenoxy) is 2. The van der Waals surface area contributed by atoms with Crippen LogP contribution in [0.4, 0.5) is 4.79 Å². The van der Waals surface area contributed by atoms with Gasteiger partial charge in [-0.3, -0.25) is 9.59 Å². The number of nitrogens with one attached hydrogen (secondary N) is 2. The minimum Gasteiger partial charge on any atom is -0.467 e. The quantitative estimate of drug-likeness (QED) is 0.373. The van der Waals surface area contributed by atoms with Crippen LogP contribution in [0, 0.1) is 0 Å². The van der Waals surface area contributed by atoms with E-state index >= 15 is 0 Å². The van der Waals surface area contributed by atoms with Gasteiger partial charge in [0.05, 0.1) is 24.4 Å². The lowest BCUT2D eigenvalue weighted by molar-refractivity contribution is -0.152. The normalized spacial score (nSPS) is 17.6. The monoisotopic (exact) mass is 560 g/mol. The highest BCUT2D eigenvalue weighted by Gasteiger charge is 2.40. The summed E-state index contributed by atoms with van der Waals surface area (Å²) >= 11 is 1.37. The Kier molecular flexibility index (Phi) is 10.4. The number of carbonyl (C=O) groups excluding carboxylic acids is 4. The third-order valence-corrected chi connectivity index (χ3v) is 6.81. The van der Waals surface area contributed by atoms with E-state index in [2.05, 4.69) is 20.4 Å². The Morgan fingerprint density at radius 1 is 1.15 bits per heavy atom. The van der Waals surface area contributed by atoms with Crippen molar-refractivity contribution < 1.29 is 33.8 Å². The molecule has 1 unspecified atom stereocenters. The number of aromatic nitrogens is 1. The molecule has 0 radical (unpaired) electrons. The van der Waals surface area contributed by atoms with Crippen LogP contribution in [-0.2, 0) is 36.7 Å². The number of hydrogen-bond donors (Lipinski definition) is 3. The lowest BCUT2D eigenvalue weighted by Crippen LogP contribution is -2.57. The number of carbonyl (C=O) groups is 4. The summed E-state index contributed by atoms with van der Waals surface area (Å²) < 4.78 is 10.0. The van der Waals surface area contributed by atoms with Crippen LogP contribution in [0.2, 0.25) is 0 Å². The third-order valence-electron chi connectivity index (χ3n) is 6.17. The van der Waals surface area contributed by atoms with Crippen LogP contribution in [0.15, 0.2) is 41.2 Å². The molecule has 3 N–H and O–H groups in total. The Labute approximate surface area is 231 Å². The number of rotatable bonds is 10. The highest BCUT2D eigenvalue weighted by Crippen LogP contribution is 2.21. The molecule has 2 aromatic rings. The van der Waals surface area contributed by atoms with Gasteiger partial charge in [0, 0.05) is 18.3 Å². The van der Waals surface area contributed by atoms with Crippen molar-refractivity contribution >= 4 is 35.2 Å². The van der Waals surface area contributed by atoms with Gasteiger partial charge in [-0.1, -0.05) is 30.3 Å². The molecule has 11 nitrogen and oxygen atoms in total. The molecule has 1 aliphatic rings. The van der Waals surface area contributed by atoms with Gasteiger partial charge in [0.15, 0.2) is 6.10 Å². The van der Waals surface area contributed by atoms with Crippen molar-refractivity contribution in [2.75, 3.05) is 13.7 Å². The van der Waals surface area contributed by atoms with Gasteiger partial charge < -0.3 is 30.1 Å². The number of aliphatic hydroxyl groups is 1. The number of alkyl carbamates (subject to hydrolysis) is 1. The number of thiazole rings is 1. The average Bonchev–Trinajstić information content (AvgIpc) is 3.58. The van der Waals surface area contributed by atoms with E-state index in [9.17, 15) is 24.3 Å². The van der Waals surface area contributed by atoms with E-state index in [0.717, 1.165) is 12.7 Å². The van der Waals surface area contributed by atoms with Gasteiger partial charge >= 0.3 is 12.1 Å². The first-order valence-corrected chi connectivity index (χ1v) is 13.7. The molecule has 212 valence electrons.